The van der Waals surface area contributed by atoms with Crippen molar-refractivity contribution in [2.75, 3.05) is 27.7 Å². The van der Waals surface area contributed by atoms with Gasteiger partial charge in [-0.05, 0) is 66.2 Å². The van der Waals surface area contributed by atoms with E-state index in [9.17, 15) is 5.11 Å². The van der Waals surface area contributed by atoms with Crippen LogP contribution in [0.15, 0.2) is 102 Å². The first-order valence-electron chi connectivity index (χ1n) is 13.0. The molecule has 2 N–H and O–H groups in total. The van der Waals surface area contributed by atoms with Crippen molar-refractivity contribution in [3.8, 4) is 5.88 Å². The van der Waals surface area contributed by atoms with Gasteiger partial charge in [-0.1, -0.05) is 84.0 Å². The predicted octanol–water partition coefficient (Wildman–Crippen LogP) is 6.18. The summed E-state index contributed by atoms with van der Waals surface area (Å²) < 4.78 is 5.88. The summed E-state index contributed by atoms with van der Waals surface area (Å²) in [4.78, 5) is 6.95. The fraction of sp³-hybridized carbons (Fsp3) is 0.212. The van der Waals surface area contributed by atoms with Crippen LogP contribution in [0.4, 0.5) is 0 Å². The van der Waals surface area contributed by atoms with E-state index in [1.54, 1.807) is 7.11 Å². The van der Waals surface area contributed by atoms with Gasteiger partial charge in [-0.15, -0.1) is 0 Å². The Bertz CT molecular complexity index is 1610. The Labute approximate surface area is 228 Å². The van der Waals surface area contributed by atoms with E-state index in [1.165, 1.54) is 6.21 Å². The maximum atomic E-state index is 13.1. The summed E-state index contributed by atoms with van der Waals surface area (Å²) in [5.74, 6) is -0.0325. The molecular weight excluding hydrogens is 486 g/mol. The number of pyridine rings is 1. The minimum Gasteiger partial charge on any atom is -0.481 e. The highest BCUT2D eigenvalue weighted by Gasteiger charge is 2.43. The summed E-state index contributed by atoms with van der Waals surface area (Å²) in [5.41, 5.74) is 2.79. The third-order valence-corrected chi connectivity index (χ3v) is 7.35. The van der Waals surface area contributed by atoms with Crippen LogP contribution in [-0.4, -0.2) is 54.2 Å². The largest absolute Gasteiger partial charge is 0.481 e. The van der Waals surface area contributed by atoms with E-state index in [1.807, 2.05) is 80.8 Å². The van der Waals surface area contributed by atoms with Gasteiger partial charge in [0.2, 0.25) is 5.88 Å². The fourth-order valence-electron chi connectivity index (χ4n) is 5.50. The molecule has 0 fully saturated rings. The van der Waals surface area contributed by atoms with Crippen molar-refractivity contribution in [1.29, 1.82) is 0 Å². The molecule has 0 unspecified atom stereocenters. The fourth-order valence-corrected chi connectivity index (χ4v) is 5.50. The molecule has 0 aliphatic heterocycles. The summed E-state index contributed by atoms with van der Waals surface area (Å²) in [7, 11) is 5.65. The van der Waals surface area contributed by atoms with E-state index >= 15 is 0 Å². The van der Waals surface area contributed by atoms with E-state index in [4.69, 9.17) is 14.9 Å². The van der Waals surface area contributed by atoms with Gasteiger partial charge in [0, 0.05) is 23.4 Å². The Morgan fingerprint density at radius 1 is 0.923 bits per heavy atom. The van der Waals surface area contributed by atoms with Crippen molar-refractivity contribution in [2.45, 2.75) is 17.9 Å². The van der Waals surface area contributed by atoms with Crippen LogP contribution in [0.1, 0.15) is 34.6 Å². The molecular formula is C33H33N3O3. The maximum Gasteiger partial charge on any atom is 0.217 e. The van der Waals surface area contributed by atoms with E-state index in [2.05, 4.69) is 40.4 Å². The summed E-state index contributed by atoms with van der Waals surface area (Å²) in [6.07, 6.45) is 1.87. The minimum atomic E-state index is -1.31. The number of hydrogen-bond acceptors (Lipinski definition) is 6. The number of aromatic nitrogens is 1. The molecule has 0 spiro atoms. The number of aliphatic hydroxyl groups is 1. The quantitative estimate of drug-likeness (QED) is 0.138. The second kappa shape index (κ2) is 11.2. The number of fused-ring (bicyclic) bond motifs is 2. The molecule has 0 saturated heterocycles. The minimum absolute atomic E-state index is 0.462. The Morgan fingerprint density at radius 2 is 1.67 bits per heavy atom. The van der Waals surface area contributed by atoms with Crippen LogP contribution in [0.3, 0.4) is 0 Å². The molecule has 0 radical (unpaired) electrons. The highest BCUT2D eigenvalue weighted by atomic mass is 16.5. The van der Waals surface area contributed by atoms with Crippen LogP contribution in [0.25, 0.3) is 21.7 Å². The van der Waals surface area contributed by atoms with E-state index in [-0.39, 0.29) is 0 Å². The van der Waals surface area contributed by atoms with Crippen LogP contribution in [0.5, 0.6) is 5.88 Å². The predicted molar refractivity (Wildman–Crippen MR) is 157 cm³/mol. The standard InChI is InChI=1S/C33H33N3O3/c1-36(2)19-18-33(37,29-15-9-13-24-10-7-8-14-27(24)29)31(25-11-5-4-6-12-25)28-21-26-20-23(22-34-38)16-17-30(26)35-32(28)39-3/h4-17,20-22,31,37-38H,18-19H2,1-3H3/b34-22+/t31-,33-/m1/s1. The van der Waals surface area contributed by atoms with Crippen LogP contribution in [0, 0.1) is 0 Å². The van der Waals surface area contributed by atoms with Gasteiger partial charge in [0.1, 0.15) is 5.60 Å². The smallest absolute Gasteiger partial charge is 0.217 e. The first-order chi connectivity index (χ1) is 18.9. The lowest BCUT2D eigenvalue weighted by Crippen LogP contribution is -2.38. The molecule has 4 aromatic carbocycles. The van der Waals surface area contributed by atoms with Gasteiger partial charge in [-0.3, -0.25) is 0 Å². The highest BCUT2D eigenvalue weighted by Crippen LogP contribution is 2.48. The van der Waals surface area contributed by atoms with E-state index in [0.29, 0.717) is 18.8 Å². The van der Waals surface area contributed by atoms with Gasteiger partial charge in [0.25, 0.3) is 0 Å². The molecule has 1 aromatic heterocycles. The molecule has 198 valence electrons. The third-order valence-electron chi connectivity index (χ3n) is 7.35. The molecule has 0 aliphatic rings. The Kier molecular flexibility index (Phi) is 7.59. The van der Waals surface area contributed by atoms with Gasteiger partial charge in [-0.2, -0.15) is 0 Å². The molecule has 1 heterocycles. The number of nitrogens with zero attached hydrogens (tertiary/aromatic N) is 3. The molecule has 2 atom stereocenters. The second-order valence-corrected chi connectivity index (χ2v) is 10.1. The molecule has 39 heavy (non-hydrogen) atoms. The van der Waals surface area contributed by atoms with Gasteiger partial charge in [-0.25, -0.2) is 4.98 Å². The van der Waals surface area contributed by atoms with Crippen molar-refractivity contribution in [3.63, 3.8) is 0 Å². The SMILES string of the molecule is COc1nc2ccc(/C=N/O)cc2cc1[C@@H](c1ccccc1)[C@@](O)(CCN(C)C)c1cccc2ccccc12. The first-order valence-corrected chi connectivity index (χ1v) is 13.0. The lowest BCUT2D eigenvalue weighted by Gasteiger charge is -2.39. The number of benzene rings is 4. The zero-order valence-electron chi connectivity index (χ0n) is 22.5. The maximum absolute atomic E-state index is 13.1. The third kappa shape index (κ3) is 5.21. The molecule has 0 aliphatic carbocycles. The Hall–Kier alpha value is -4.26. The van der Waals surface area contributed by atoms with Gasteiger partial charge < -0.3 is 20.0 Å². The zero-order chi connectivity index (χ0) is 27.4. The molecule has 6 heteroatoms. The van der Waals surface area contributed by atoms with Crippen molar-refractivity contribution >= 4 is 27.9 Å². The number of hydrogen-bond donors (Lipinski definition) is 2. The lowest BCUT2D eigenvalue weighted by atomic mass is 9.70. The van der Waals surface area contributed by atoms with Crippen molar-refractivity contribution < 1.29 is 15.1 Å². The van der Waals surface area contributed by atoms with Gasteiger partial charge in [0.05, 0.1) is 18.8 Å². The number of rotatable bonds is 9. The van der Waals surface area contributed by atoms with Crippen molar-refractivity contribution in [2.24, 2.45) is 5.16 Å². The van der Waals surface area contributed by atoms with Crippen molar-refractivity contribution in [3.05, 3.63) is 119 Å². The topological polar surface area (TPSA) is 78.2 Å². The first kappa shape index (κ1) is 26.4. The van der Waals surface area contributed by atoms with E-state index < -0.39 is 11.5 Å². The normalized spacial score (nSPS) is 14.2. The van der Waals surface area contributed by atoms with Crippen molar-refractivity contribution in [1.82, 2.24) is 9.88 Å². The van der Waals surface area contributed by atoms with Crippen LogP contribution < -0.4 is 4.74 Å². The lowest BCUT2D eigenvalue weighted by molar-refractivity contribution is 0.00520. The number of oxime groups is 1. The summed E-state index contributed by atoms with van der Waals surface area (Å²) >= 11 is 0. The highest BCUT2D eigenvalue weighted by molar-refractivity contribution is 5.90. The van der Waals surface area contributed by atoms with Crippen LogP contribution >= 0.6 is 0 Å². The monoisotopic (exact) mass is 519 g/mol. The molecule has 0 saturated carbocycles. The average Bonchev–Trinajstić information content (AvgIpc) is 2.96. The number of methoxy groups -OCH3 is 1. The van der Waals surface area contributed by atoms with Gasteiger partial charge >= 0.3 is 0 Å². The summed E-state index contributed by atoms with van der Waals surface area (Å²) in [5, 5.41) is 28.3. The Morgan fingerprint density at radius 3 is 2.41 bits per heavy atom. The van der Waals surface area contributed by atoms with Crippen LogP contribution in [-0.2, 0) is 5.60 Å². The summed E-state index contributed by atoms with van der Waals surface area (Å²) in [6, 6.07) is 32.0. The summed E-state index contributed by atoms with van der Waals surface area (Å²) in [6.45, 7) is 0.670. The second-order valence-electron chi connectivity index (χ2n) is 10.1. The molecule has 6 nitrogen and oxygen atoms in total. The van der Waals surface area contributed by atoms with Crippen LogP contribution in [0.2, 0.25) is 0 Å². The number of ether oxygens (including phenoxy) is 1. The Balaban J connectivity index is 1.83. The molecule has 0 bridgehead atoms. The molecule has 5 aromatic rings. The zero-order valence-corrected chi connectivity index (χ0v) is 22.5. The van der Waals surface area contributed by atoms with Gasteiger partial charge in [0.15, 0.2) is 0 Å². The molecule has 0 amide bonds. The molecule has 5 rings (SSSR count). The average molecular weight is 520 g/mol. The van der Waals surface area contributed by atoms with E-state index in [0.717, 1.165) is 43.9 Å².